The third kappa shape index (κ3) is 3.07. The van der Waals surface area contributed by atoms with Crippen LogP contribution in [0, 0.1) is 11.8 Å². The molecular weight excluding hydrogens is 290 g/mol. The third-order valence-corrected chi connectivity index (χ3v) is 4.82. The van der Waals surface area contributed by atoms with Crippen LogP contribution < -0.4 is 10.5 Å². The molecule has 100 valence electrons. The highest BCUT2D eigenvalue weighted by Gasteiger charge is 2.25. The molecule has 1 unspecified atom stereocenters. The van der Waals surface area contributed by atoms with Crippen molar-refractivity contribution in [2.75, 3.05) is 7.11 Å². The van der Waals surface area contributed by atoms with E-state index < -0.39 is 0 Å². The fraction of sp³-hybridized carbons (Fsp3) is 0.600. The van der Waals surface area contributed by atoms with E-state index in [9.17, 15) is 0 Å². The van der Waals surface area contributed by atoms with Gasteiger partial charge in [0.05, 0.1) is 7.11 Å². The summed E-state index contributed by atoms with van der Waals surface area (Å²) in [6, 6.07) is 6.22. The van der Waals surface area contributed by atoms with Crippen LogP contribution >= 0.6 is 15.9 Å². The summed E-state index contributed by atoms with van der Waals surface area (Å²) in [5.41, 5.74) is 7.64. The van der Waals surface area contributed by atoms with E-state index >= 15 is 0 Å². The average Bonchev–Trinajstić information content (AvgIpc) is 2.38. The van der Waals surface area contributed by atoms with Crippen LogP contribution in [-0.4, -0.2) is 7.11 Å². The summed E-state index contributed by atoms with van der Waals surface area (Å²) in [6.45, 7) is 2.34. The second-order valence-electron chi connectivity index (χ2n) is 5.43. The maximum absolute atomic E-state index is 6.44. The van der Waals surface area contributed by atoms with Crippen molar-refractivity contribution in [1.82, 2.24) is 0 Å². The van der Waals surface area contributed by atoms with Crippen LogP contribution in [0.3, 0.4) is 0 Å². The molecular formula is C15H22BrNO. The maximum Gasteiger partial charge on any atom is 0.120 e. The van der Waals surface area contributed by atoms with Crippen molar-refractivity contribution in [3.63, 3.8) is 0 Å². The second kappa shape index (κ2) is 6.07. The molecule has 1 saturated carbocycles. The van der Waals surface area contributed by atoms with Gasteiger partial charge in [-0.25, -0.2) is 0 Å². The molecule has 1 aliphatic rings. The van der Waals surface area contributed by atoms with Gasteiger partial charge in [-0.3, -0.25) is 0 Å². The molecule has 0 amide bonds. The van der Waals surface area contributed by atoms with E-state index in [1.54, 1.807) is 7.11 Å². The van der Waals surface area contributed by atoms with Crippen molar-refractivity contribution in [2.24, 2.45) is 17.6 Å². The van der Waals surface area contributed by atoms with E-state index in [0.717, 1.165) is 16.1 Å². The molecule has 18 heavy (non-hydrogen) atoms. The second-order valence-corrected chi connectivity index (χ2v) is 6.29. The van der Waals surface area contributed by atoms with Gasteiger partial charge in [0.2, 0.25) is 0 Å². The largest absolute Gasteiger partial charge is 0.497 e. The van der Waals surface area contributed by atoms with Crippen molar-refractivity contribution in [3.05, 3.63) is 28.2 Å². The van der Waals surface area contributed by atoms with Gasteiger partial charge >= 0.3 is 0 Å². The van der Waals surface area contributed by atoms with Gasteiger partial charge in [0.15, 0.2) is 0 Å². The van der Waals surface area contributed by atoms with Crippen LogP contribution in [0.25, 0.3) is 0 Å². The Kier molecular flexibility index (Phi) is 4.68. The number of methoxy groups -OCH3 is 1. The van der Waals surface area contributed by atoms with Crippen LogP contribution in [0.15, 0.2) is 22.7 Å². The Balaban J connectivity index is 2.11. The number of nitrogens with two attached hydrogens (primary N) is 1. The summed E-state index contributed by atoms with van der Waals surface area (Å²) in [5.74, 6) is 2.36. The number of benzene rings is 1. The molecule has 1 aromatic carbocycles. The zero-order valence-electron chi connectivity index (χ0n) is 11.2. The molecule has 0 saturated heterocycles. The lowest BCUT2D eigenvalue weighted by molar-refractivity contribution is 0.255. The molecule has 0 heterocycles. The lowest BCUT2D eigenvalue weighted by Gasteiger charge is -2.31. The van der Waals surface area contributed by atoms with Gasteiger partial charge in [0, 0.05) is 10.5 Å². The monoisotopic (exact) mass is 311 g/mol. The molecule has 0 aromatic heterocycles. The fourth-order valence-electron chi connectivity index (χ4n) is 2.80. The van der Waals surface area contributed by atoms with Crippen LogP contribution in [0.1, 0.15) is 44.2 Å². The van der Waals surface area contributed by atoms with Gasteiger partial charge in [0.25, 0.3) is 0 Å². The summed E-state index contributed by atoms with van der Waals surface area (Å²) < 4.78 is 6.28. The van der Waals surface area contributed by atoms with Crippen LogP contribution in [0.2, 0.25) is 0 Å². The Labute approximate surface area is 118 Å². The highest BCUT2D eigenvalue weighted by Crippen LogP contribution is 2.38. The summed E-state index contributed by atoms with van der Waals surface area (Å²) >= 11 is 3.61. The fourth-order valence-corrected chi connectivity index (χ4v) is 3.43. The predicted molar refractivity (Wildman–Crippen MR) is 78.7 cm³/mol. The molecule has 2 rings (SSSR count). The number of ether oxygens (including phenoxy) is 1. The van der Waals surface area contributed by atoms with Crippen molar-refractivity contribution in [3.8, 4) is 5.75 Å². The number of halogens is 1. The molecule has 2 nitrogen and oxygen atoms in total. The Hall–Kier alpha value is -0.540. The maximum atomic E-state index is 6.44. The molecule has 3 heteroatoms. The SMILES string of the molecule is COc1ccc(C(N)C2CCC(C)CC2)c(Br)c1. The average molecular weight is 312 g/mol. The Morgan fingerprint density at radius 2 is 1.94 bits per heavy atom. The minimum absolute atomic E-state index is 0.137. The van der Waals surface area contributed by atoms with Gasteiger partial charge in [0.1, 0.15) is 5.75 Å². The first-order valence-electron chi connectivity index (χ1n) is 6.71. The summed E-state index contributed by atoms with van der Waals surface area (Å²) in [4.78, 5) is 0. The molecule has 1 aromatic rings. The van der Waals surface area contributed by atoms with Gasteiger partial charge in [-0.2, -0.15) is 0 Å². The van der Waals surface area contributed by atoms with Crippen molar-refractivity contribution in [2.45, 2.75) is 38.6 Å². The molecule has 0 radical (unpaired) electrons. The van der Waals surface area contributed by atoms with Crippen molar-refractivity contribution >= 4 is 15.9 Å². The van der Waals surface area contributed by atoms with Crippen LogP contribution in [0.5, 0.6) is 5.75 Å². The van der Waals surface area contributed by atoms with Crippen molar-refractivity contribution < 1.29 is 4.74 Å². The van der Waals surface area contributed by atoms with Crippen LogP contribution in [0.4, 0.5) is 0 Å². The zero-order valence-corrected chi connectivity index (χ0v) is 12.7. The third-order valence-electron chi connectivity index (χ3n) is 4.14. The quantitative estimate of drug-likeness (QED) is 0.904. The van der Waals surface area contributed by atoms with Gasteiger partial charge in [-0.05, 0) is 42.4 Å². The summed E-state index contributed by atoms with van der Waals surface area (Å²) in [5, 5.41) is 0. The van der Waals surface area contributed by atoms with E-state index in [1.807, 2.05) is 12.1 Å². The molecule has 0 bridgehead atoms. The van der Waals surface area contributed by atoms with E-state index in [4.69, 9.17) is 10.5 Å². The van der Waals surface area contributed by atoms with Crippen molar-refractivity contribution in [1.29, 1.82) is 0 Å². The molecule has 0 spiro atoms. The number of hydrogen-bond acceptors (Lipinski definition) is 2. The molecule has 1 atom stereocenters. The van der Waals surface area contributed by atoms with E-state index in [0.29, 0.717) is 5.92 Å². The molecule has 1 aliphatic carbocycles. The lowest BCUT2D eigenvalue weighted by atomic mass is 9.78. The smallest absolute Gasteiger partial charge is 0.120 e. The predicted octanol–water partition coefficient (Wildman–Crippen LogP) is 4.28. The van der Waals surface area contributed by atoms with Gasteiger partial charge in [-0.15, -0.1) is 0 Å². The lowest BCUT2D eigenvalue weighted by Crippen LogP contribution is -2.25. The summed E-state index contributed by atoms with van der Waals surface area (Å²) in [7, 11) is 1.68. The first-order chi connectivity index (χ1) is 8.61. The Morgan fingerprint density at radius 3 is 2.50 bits per heavy atom. The number of hydrogen-bond donors (Lipinski definition) is 1. The standard InChI is InChI=1S/C15H22BrNO/c1-10-3-5-11(6-4-10)15(17)13-8-7-12(18-2)9-14(13)16/h7-11,15H,3-6,17H2,1-2H3. The minimum Gasteiger partial charge on any atom is -0.497 e. The van der Waals surface area contributed by atoms with E-state index in [-0.39, 0.29) is 6.04 Å². The van der Waals surface area contributed by atoms with Crippen LogP contribution in [-0.2, 0) is 0 Å². The Bertz CT molecular complexity index is 399. The highest BCUT2D eigenvalue weighted by atomic mass is 79.9. The number of rotatable bonds is 3. The molecule has 1 fully saturated rings. The Morgan fingerprint density at radius 1 is 1.28 bits per heavy atom. The summed E-state index contributed by atoms with van der Waals surface area (Å²) in [6.07, 6.45) is 5.12. The van der Waals surface area contributed by atoms with E-state index in [2.05, 4.69) is 28.9 Å². The van der Waals surface area contributed by atoms with Gasteiger partial charge < -0.3 is 10.5 Å². The highest BCUT2D eigenvalue weighted by molar-refractivity contribution is 9.10. The zero-order chi connectivity index (χ0) is 13.1. The minimum atomic E-state index is 0.137. The molecule has 0 aliphatic heterocycles. The molecule has 2 N–H and O–H groups in total. The normalized spacial score (nSPS) is 25.8. The van der Waals surface area contributed by atoms with E-state index in [1.165, 1.54) is 31.2 Å². The topological polar surface area (TPSA) is 35.2 Å². The first-order valence-corrected chi connectivity index (χ1v) is 7.50. The first kappa shape index (κ1) is 13.9. The van der Waals surface area contributed by atoms with Gasteiger partial charge in [-0.1, -0.05) is 41.8 Å².